The van der Waals surface area contributed by atoms with Crippen molar-refractivity contribution in [1.82, 2.24) is 4.90 Å². The van der Waals surface area contributed by atoms with E-state index in [0.717, 1.165) is 49.7 Å². The van der Waals surface area contributed by atoms with Crippen LogP contribution in [0.4, 0.5) is 0 Å². The topological polar surface area (TPSA) is 40.5 Å². The SMILES string of the molecule is CCC1(C(=O)O)CCN(C2CCc3cc(Br)ccc3C2)C1. The lowest BCUT2D eigenvalue weighted by Crippen LogP contribution is -2.41. The highest BCUT2D eigenvalue weighted by atomic mass is 79.9. The summed E-state index contributed by atoms with van der Waals surface area (Å²) >= 11 is 3.54. The first-order valence-electron chi connectivity index (χ1n) is 7.79. The van der Waals surface area contributed by atoms with Crippen molar-refractivity contribution >= 4 is 21.9 Å². The summed E-state index contributed by atoms with van der Waals surface area (Å²) in [7, 11) is 0. The largest absolute Gasteiger partial charge is 0.481 e. The van der Waals surface area contributed by atoms with Crippen LogP contribution in [0.25, 0.3) is 0 Å². The third-order valence-electron chi connectivity index (χ3n) is 5.40. The molecule has 2 atom stereocenters. The summed E-state index contributed by atoms with van der Waals surface area (Å²) in [5.41, 5.74) is 2.36. The maximum Gasteiger partial charge on any atom is 0.310 e. The molecule has 1 fully saturated rings. The number of aryl methyl sites for hydroxylation is 1. The van der Waals surface area contributed by atoms with Gasteiger partial charge in [-0.3, -0.25) is 9.69 Å². The smallest absolute Gasteiger partial charge is 0.310 e. The fourth-order valence-corrected chi connectivity index (χ4v) is 4.26. The lowest BCUT2D eigenvalue weighted by Gasteiger charge is -2.33. The molecular weight excluding hydrogens is 330 g/mol. The van der Waals surface area contributed by atoms with Gasteiger partial charge < -0.3 is 5.11 Å². The molecule has 3 rings (SSSR count). The summed E-state index contributed by atoms with van der Waals surface area (Å²) in [6, 6.07) is 7.06. The first-order valence-corrected chi connectivity index (χ1v) is 8.58. The summed E-state index contributed by atoms with van der Waals surface area (Å²) in [6.45, 7) is 3.65. The van der Waals surface area contributed by atoms with Crippen LogP contribution in [0.1, 0.15) is 37.3 Å². The minimum absolute atomic E-state index is 0.506. The van der Waals surface area contributed by atoms with Crippen LogP contribution in [0.3, 0.4) is 0 Å². The molecule has 2 aliphatic rings. The molecule has 0 saturated carbocycles. The molecule has 4 heteroatoms. The minimum atomic E-state index is -0.618. The zero-order chi connectivity index (χ0) is 15.0. The van der Waals surface area contributed by atoms with Crippen molar-refractivity contribution in [3.8, 4) is 0 Å². The van der Waals surface area contributed by atoms with Gasteiger partial charge in [-0.15, -0.1) is 0 Å². The van der Waals surface area contributed by atoms with Crippen molar-refractivity contribution in [3.05, 3.63) is 33.8 Å². The summed E-state index contributed by atoms with van der Waals surface area (Å²) in [5.74, 6) is -0.618. The van der Waals surface area contributed by atoms with Gasteiger partial charge in [0.05, 0.1) is 5.41 Å². The maximum atomic E-state index is 11.6. The third kappa shape index (κ3) is 2.76. The molecule has 1 heterocycles. The van der Waals surface area contributed by atoms with Gasteiger partial charge in [0.1, 0.15) is 0 Å². The van der Waals surface area contributed by atoms with Gasteiger partial charge in [0.15, 0.2) is 0 Å². The average Bonchev–Trinajstić information content (AvgIpc) is 2.92. The zero-order valence-electron chi connectivity index (χ0n) is 12.4. The Labute approximate surface area is 134 Å². The Hall–Kier alpha value is -0.870. The van der Waals surface area contributed by atoms with Gasteiger partial charge in [-0.05, 0) is 61.9 Å². The molecule has 3 nitrogen and oxygen atoms in total. The summed E-state index contributed by atoms with van der Waals surface area (Å²) in [5, 5.41) is 9.54. The van der Waals surface area contributed by atoms with Gasteiger partial charge in [0, 0.05) is 17.1 Å². The second-order valence-corrected chi connectivity index (χ2v) is 7.38. The van der Waals surface area contributed by atoms with Crippen molar-refractivity contribution in [1.29, 1.82) is 0 Å². The molecular formula is C17H22BrNO2. The number of fused-ring (bicyclic) bond motifs is 1. The van der Waals surface area contributed by atoms with E-state index in [0.29, 0.717) is 6.04 Å². The molecule has 0 spiro atoms. The van der Waals surface area contributed by atoms with Crippen molar-refractivity contribution in [2.24, 2.45) is 5.41 Å². The summed E-state index contributed by atoms with van der Waals surface area (Å²) < 4.78 is 1.15. The van der Waals surface area contributed by atoms with Crippen LogP contribution in [0, 0.1) is 5.41 Å². The highest BCUT2D eigenvalue weighted by Crippen LogP contribution is 2.37. The summed E-state index contributed by atoms with van der Waals surface area (Å²) in [6.07, 6.45) is 4.82. The monoisotopic (exact) mass is 351 g/mol. The van der Waals surface area contributed by atoms with Gasteiger partial charge in [-0.1, -0.05) is 28.9 Å². The first kappa shape index (κ1) is 15.0. The van der Waals surface area contributed by atoms with E-state index in [1.54, 1.807) is 0 Å². The predicted octanol–water partition coefficient (Wildman–Crippen LogP) is 3.49. The predicted molar refractivity (Wildman–Crippen MR) is 86.5 cm³/mol. The molecule has 1 aliphatic carbocycles. The average molecular weight is 352 g/mol. The summed E-state index contributed by atoms with van der Waals surface area (Å²) in [4.78, 5) is 14.0. The number of halogens is 1. The lowest BCUT2D eigenvalue weighted by atomic mass is 9.84. The molecule has 1 aromatic rings. The Morgan fingerprint density at radius 1 is 1.48 bits per heavy atom. The van der Waals surface area contributed by atoms with Gasteiger partial charge in [-0.25, -0.2) is 0 Å². The second kappa shape index (κ2) is 5.73. The van der Waals surface area contributed by atoms with E-state index in [9.17, 15) is 9.90 Å². The van der Waals surface area contributed by atoms with Gasteiger partial charge >= 0.3 is 5.97 Å². The molecule has 1 N–H and O–H groups in total. The van der Waals surface area contributed by atoms with Crippen molar-refractivity contribution in [2.75, 3.05) is 13.1 Å². The maximum absolute atomic E-state index is 11.6. The molecule has 1 aromatic carbocycles. The number of benzene rings is 1. The molecule has 0 radical (unpaired) electrons. The molecule has 0 bridgehead atoms. The van der Waals surface area contributed by atoms with E-state index < -0.39 is 11.4 Å². The van der Waals surface area contributed by atoms with Crippen LogP contribution in [-0.2, 0) is 17.6 Å². The second-order valence-electron chi connectivity index (χ2n) is 6.47. The van der Waals surface area contributed by atoms with E-state index in [2.05, 4.69) is 39.0 Å². The number of carbonyl (C=O) groups is 1. The van der Waals surface area contributed by atoms with Crippen LogP contribution in [-0.4, -0.2) is 35.1 Å². The van der Waals surface area contributed by atoms with E-state index in [1.165, 1.54) is 11.1 Å². The fourth-order valence-electron chi connectivity index (χ4n) is 3.85. The Kier molecular flexibility index (Phi) is 4.10. The third-order valence-corrected chi connectivity index (χ3v) is 5.89. The highest BCUT2D eigenvalue weighted by molar-refractivity contribution is 9.10. The number of nitrogens with zero attached hydrogens (tertiary/aromatic N) is 1. The first-order chi connectivity index (χ1) is 10.0. The normalized spacial score (nSPS) is 29.3. The number of rotatable bonds is 3. The standard InChI is InChI=1S/C17H22BrNO2/c1-2-17(16(20)21)7-8-19(11-17)15-6-4-12-9-14(18)5-3-13(12)10-15/h3,5,9,15H,2,4,6-8,10-11H2,1H3,(H,20,21). The highest BCUT2D eigenvalue weighted by Gasteiger charge is 2.45. The Bertz CT molecular complexity index is 560. The van der Waals surface area contributed by atoms with Crippen LogP contribution >= 0.6 is 15.9 Å². The molecule has 21 heavy (non-hydrogen) atoms. The lowest BCUT2D eigenvalue weighted by molar-refractivity contribution is -0.148. The Balaban J connectivity index is 1.73. The number of carboxylic acids is 1. The molecule has 114 valence electrons. The molecule has 1 aliphatic heterocycles. The van der Waals surface area contributed by atoms with Gasteiger partial charge in [0.2, 0.25) is 0 Å². The van der Waals surface area contributed by atoms with Crippen LogP contribution < -0.4 is 0 Å². The fraction of sp³-hybridized carbons (Fsp3) is 0.588. The number of hydrogen-bond donors (Lipinski definition) is 1. The molecule has 1 saturated heterocycles. The van der Waals surface area contributed by atoms with Crippen molar-refractivity contribution in [2.45, 2.75) is 45.1 Å². The molecule has 0 aromatic heterocycles. The van der Waals surface area contributed by atoms with Crippen LogP contribution in [0.5, 0.6) is 0 Å². The number of aliphatic carboxylic acids is 1. The van der Waals surface area contributed by atoms with Crippen molar-refractivity contribution < 1.29 is 9.90 Å². The van der Waals surface area contributed by atoms with Gasteiger partial charge in [-0.2, -0.15) is 0 Å². The van der Waals surface area contributed by atoms with E-state index in [4.69, 9.17) is 0 Å². The van der Waals surface area contributed by atoms with E-state index in [1.807, 2.05) is 6.92 Å². The van der Waals surface area contributed by atoms with Gasteiger partial charge in [0.25, 0.3) is 0 Å². The number of likely N-dealkylation sites (tertiary alicyclic amines) is 1. The van der Waals surface area contributed by atoms with Crippen LogP contribution in [0.15, 0.2) is 22.7 Å². The van der Waals surface area contributed by atoms with Crippen LogP contribution in [0.2, 0.25) is 0 Å². The minimum Gasteiger partial charge on any atom is -0.481 e. The number of carboxylic acid groups (broad SMARTS) is 1. The Morgan fingerprint density at radius 2 is 2.29 bits per heavy atom. The van der Waals surface area contributed by atoms with Crippen molar-refractivity contribution in [3.63, 3.8) is 0 Å². The zero-order valence-corrected chi connectivity index (χ0v) is 14.0. The number of hydrogen-bond acceptors (Lipinski definition) is 2. The van der Waals surface area contributed by atoms with E-state index >= 15 is 0 Å². The van der Waals surface area contributed by atoms with E-state index in [-0.39, 0.29) is 0 Å². The molecule has 0 amide bonds. The quantitative estimate of drug-likeness (QED) is 0.905. The molecule has 2 unspecified atom stereocenters. The Morgan fingerprint density at radius 3 is 2.95 bits per heavy atom.